The van der Waals surface area contributed by atoms with Crippen LogP contribution in [0.5, 0.6) is 0 Å². The molecule has 3 aromatic rings. The highest BCUT2D eigenvalue weighted by molar-refractivity contribution is 7.22. The summed E-state index contributed by atoms with van der Waals surface area (Å²) in [7, 11) is 2.30. The minimum atomic E-state index is -0.595. The molecule has 1 atom stereocenters. The van der Waals surface area contributed by atoms with E-state index in [1.165, 1.54) is 6.08 Å². The lowest BCUT2D eigenvalue weighted by Crippen LogP contribution is -1.97. The maximum atomic E-state index is 13.3. The predicted octanol–water partition coefficient (Wildman–Crippen LogP) is 5.67. The molecule has 5 nitrogen and oxygen atoms in total. The number of fused-ring (bicyclic) bond motifs is 3. The van der Waals surface area contributed by atoms with Gasteiger partial charge in [-0.05, 0) is 48.5 Å². The smallest absolute Gasteiger partial charge is 0.176 e. The molecule has 0 spiro atoms. The lowest BCUT2D eigenvalue weighted by molar-refractivity contribution is 0.556. The summed E-state index contributed by atoms with van der Waals surface area (Å²) in [5.41, 5.74) is 2.47. The molecule has 1 unspecified atom stereocenters. The van der Waals surface area contributed by atoms with E-state index in [-0.39, 0.29) is 12.5 Å². The quantitative estimate of drug-likeness (QED) is 0.106. The molecule has 154 valence electrons. The molecule has 1 aromatic heterocycles. The highest BCUT2D eigenvalue weighted by Crippen LogP contribution is 2.30. The van der Waals surface area contributed by atoms with Crippen molar-refractivity contribution in [3.8, 4) is 12.3 Å². The molecule has 0 saturated carbocycles. The zero-order valence-corrected chi connectivity index (χ0v) is 17.6. The largest absolute Gasteiger partial charge is 0.336 e. The fourth-order valence-electron chi connectivity index (χ4n) is 2.82. The second-order valence-corrected chi connectivity index (χ2v) is 6.86. The lowest BCUT2D eigenvalue weighted by atomic mass is 10.1. The minimum absolute atomic E-state index is 0.0190. The van der Waals surface area contributed by atoms with Crippen LogP contribution in [0.3, 0.4) is 0 Å². The summed E-state index contributed by atoms with van der Waals surface area (Å²) < 4.78 is 26.6. The van der Waals surface area contributed by atoms with Gasteiger partial charge in [0.05, 0.1) is 0 Å². The van der Waals surface area contributed by atoms with Crippen LogP contribution in [0, 0.1) is 17.8 Å². The Hall–Kier alpha value is -3.36. The molecule has 0 radical (unpaired) electrons. The number of rotatable bonds is 4. The Morgan fingerprint density at radius 2 is 1.97 bits per heavy atom. The molecular weight excluding hydrogens is 403 g/mol. The zero-order valence-electron chi connectivity index (χ0n) is 16.4. The summed E-state index contributed by atoms with van der Waals surface area (Å²) in [4.78, 5) is 0. The number of hydrogen-bond donors (Lipinski definition) is 2. The minimum Gasteiger partial charge on any atom is -0.336 e. The second-order valence-electron chi connectivity index (χ2n) is 6.12. The van der Waals surface area contributed by atoms with E-state index in [1.54, 1.807) is 12.1 Å². The number of allylic oxidation sites excluding steroid dienone is 4. The van der Waals surface area contributed by atoms with Gasteiger partial charge < -0.3 is 10.4 Å². The molecule has 0 fully saturated rings. The average Bonchev–Trinajstić information content (AvgIpc) is 3.10. The van der Waals surface area contributed by atoms with Crippen LogP contribution >= 0.6 is 9.24 Å². The third-order valence-electron chi connectivity index (χ3n) is 4.32. The Morgan fingerprint density at radius 3 is 2.57 bits per heavy atom. The van der Waals surface area contributed by atoms with E-state index in [4.69, 9.17) is 17.7 Å². The molecule has 0 aliphatic carbocycles. The van der Waals surface area contributed by atoms with Gasteiger partial charge in [-0.2, -0.15) is 4.39 Å². The molecule has 0 saturated heterocycles. The van der Waals surface area contributed by atoms with Crippen LogP contribution < -0.4 is 5.84 Å². The van der Waals surface area contributed by atoms with Crippen LogP contribution in [0.25, 0.3) is 21.8 Å². The maximum absolute atomic E-state index is 13.3. The summed E-state index contributed by atoms with van der Waals surface area (Å²) in [6.07, 6.45) is 8.16. The third-order valence-corrected chi connectivity index (χ3v) is 4.81. The molecule has 30 heavy (non-hydrogen) atoms. The van der Waals surface area contributed by atoms with Gasteiger partial charge in [-0.25, -0.2) is 4.39 Å². The summed E-state index contributed by atoms with van der Waals surface area (Å²) >= 11 is 0. The van der Waals surface area contributed by atoms with Crippen LogP contribution in [0.2, 0.25) is 0 Å². The van der Waals surface area contributed by atoms with E-state index in [1.807, 2.05) is 53.8 Å². The van der Waals surface area contributed by atoms with Crippen molar-refractivity contribution in [2.45, 2.75) is 13.5 Å². The fourth-order valence-corrected chi connectivity index (χ4v) is 2.82. The van der Waals surface area contributed by atoms with Gasteiger partial charge in [0.2, 0.25) is 0 Å². The molecule has 3 rings (SSSR count). The van der Waals surface area contributed by atoms with E-state index >= 15 is 0 Å². The molecule has 8 heteroatoms. The van der Waals surface area contributed by atoms with Gasteiger partial charge in [0.25, 0.3) is 0 Å². The number of nitrogens with two attached hydrogens (primary N) is 1. The molecule has 0 amide bonds. The van der Waals surface area contributed by atoms with Crippen molar-refractivity contribution < 1.29 is 8.78 Å². The van der Waals surface area contributed by atoms with Gasteiger partial charge in [0.1, 0.15) is 6.67 Å². The Bertz CT molecular complexity index is 1190. The standard InChI is InChI=1S/C18H14FN5.C4H8FP/c1-2-13(19)9-10-24-16-6-4-3-5-14(16)15-11-12(7-8-17(15)24)18(20)22-23-21;1-2-4(6)3-5/h1,3-9,11H,10H2,(H3,20,21,22);2H,3,6H2,1H3/b13-9-;4-2+. The zero-order chi connectivity index (χ0) is 22.1. The predicted molar refractivity (Wildman–Crippen MR) is 123 cm³/mol. The molecule has 0 aliphatic heterocycles. The number of benzene rings is 2. The van der Waals surface area contributed by atoms with E-state index < -0.39 is 5.83 Å². The molecule has 0 aliphatic rings. The molecular formula is C22H22F2N5P. The first-order valence-electron chi connectivity index (χ1n) is 8.96. The van der Waals surface area contributed by atoms with Crippen molar-refractivity contribution in [2.75, 3.05) is 6.67 Å². The number of nitrogens with zero attached hydrogens (tertiary/aromatic N) is 3. The van der Waals surface area contributed by atoms with E-state index in [9.17, 15) is 8.78 Å². The second kappa shape index (κ2) is 11.0. The first kappa shape index (κ1) is 22.9. The highest BCUT2D eigenvalue weighted by atomic mass is 31.0. The Morgan fingerprint density at radius 1 is 1.27 bits per heavy atom. The van der Waals surface area contributed by atoms with Crippen molar-refractivity contribution in [3.05, 3.63) is 71.3 Å². The van der Waals surface area contributed by atoms with Crippen LogP contribution in [0.1, 0.15) is 12.5 Å². The SMILES string of the molecule is C#C/C(F)=C/Cn1c2ccccc2c2cc(C(=N)N=NN)ccc21.C/C=C(/P)CF. The Kier molecular flexibility index (Phi) is 8.40. The summed E-state index contributed by atoms with van der Waals surface area (Å²) in [5.74, 6) is 6.38. The van der Waals surface area contributed by atoms with Crippen LogP contribution in [-0.2, 0) is 6.54 Å². The molecule has 0 bridgehead atoms. The van der Waals surface area contributed by atoms with Crippen molar-refractivity contribution in [3.63, 3.8) is 0 Å². The number of hydrogen-bond acceptors (Lipinski definition) is 2. The fraction of sp³-hybridized carbons (Fsp3) is 0.136. The van der Waals surface area contributed by atoms with Gasteiger partial charge >= 0.3 is 0 Å². The van der Waals surface area contributed by atoms with Crippen LogP contribution in [0.4, 0.5) is 8.78 Å². The van der Waals surface area contributed by atoms with Gasteiger partial charge in [0, 0.05) is 33.9 Å². The van der Waals surface area contributed by atoms with E-state index in [2.05, 4.69) is 19.6 Å². The summed E-state index contributed by atoms with van der Waals surface area (Å²) in [6, 6.07) is 13.3. The van der Waals surface area contributed by atoms with Crippen molar-refractivity contribution in [1.82, 2.24) is 4.57 Å². The van der Waals surface area contributed by atoms with Crippen LogP contribution in [0.15, 0.2) is 76.1 Å². The van der Waals surface area contributed by atoms with Gasteiger partial charge in [-0.15, -0.1) is 20.8 Å². The highest BCUT2D eigenvalue weighted by Gasteiger charge is 2.11. The van der Waals surface area contributed by atoms with Crippen molar-refractivity contribution >= 4 is 36.9 Å². The molecule has 2 aromatic carbocycles. The number of aromatic nitrogens is 1. The molecule has 3 N–H and O–H groups in total. The lowest BCUT2D eigenvalue weighted by Gasteiger charge is -2.04. The van der Waals surface area contributed by atoms with Crippen molar-refractivity contribution in [1.29, 1.82) is 5.41 Å². The average molecular weight is 425 g/mol. The Labute approximate surface area is 176 Å². The number of alkyl halides is 1. The number of nitrogens with one attached hydrogen (secondary N) is 1. The topological polar surface area (TPSA) is 79.5 Å². The number of para-hydroxylation sites is 1. The summed E-state index contributed by atoms with van der Waals surface area (Å²) in [5, 5.41) is 17.2. The number of halogens is 2. The number of terminal acetylenes is 1. The van der Waals surface area contributed by atoms with Gasteiger partial charge in [-0.1, -0.05) is 29.5 Å². The Balaban J connectivity index is 0.000000469. The van der Waals surface area contributed by atoms with Crippen LogP contribution in [-0.4, -0.2) is 17.1 Å². The normalized spacial score (nSPS) is 12.1. The third kappa shape index (κ3) is 5.37. The molecule has 1 heterocycles. The number of amidine groups is 1. The van der Waals surface area contributed by atoms with Gasteiger partial charge in [0.15, 0.2) is 11.7 Å². The van der Waals surface area contributed by atoms with E-state index in [0.717, 1.165) is 27.1 Å². The first-order valence-corrected chi connectivity index (χ1v) is 9.54. The van der Waals surface area contributed by atoms with Gasteiger partial charge in [-0.3, -0.25) is 5.41 Å². The monoisotopic (exact) mass is 425 g/mol. The van der Waals surface area contributed by atoms with Crippen molar-refractivity contribution in [2.24, 2.45) is 16.2 Å². The maximum Gasteiger partial charge on any atom is 0.176 e. The van der Waals surface area contributed by atoms with E-state index in [0.29, 0.717) is 12.1 Å². The first-order chi connectivity index (χ1) is 14.5. The summed E-state index contributed by atoms with van der Waals surface area (Å²) in [6.45, 7) is 1.78.